The van der Waals surface area contributed by atoms with Gasteiger partial charge >= 0.3 is 0 Å². The van der Waals surface area contributed by atoms with E-state index < -0.39 is 0 Å². The average Bonchev–Trinajstić information content (AvgIpc) is 3.17. The predicted molar refractivity (Wildman–Crippen MR) is 102 cm³/mol. The third-order valence-electron chi connectivity index (χ3n) is 4.82. The molecule has 1 saturated heterocycles. The van der Waals surface area contributed by atoms with E-state index in [1.54, 1.807) is 17.4 Å². The van der Waals surface area contributed by atoms with Crippen molar-refractivity contribution >= 4 is 17.2 Å². The molecule has 1 aromatic heterocycles. The lowest BCUT2D eigenvalue weighted by Gasteiger charge is -2.21. The first kappa shape index (κ1) is 18.0. The standard InChI is InChI=1S/C19H26N4OS/c1-14-18(25-13-21-14)12-22(2)9-16-6-7-23(11-16)10-15-4-3-5-17(8-15)19(20)24/h3-5,8,13,16H,6-7,9-12H2,1-2H3,(H2,20,24). The van der Waals surface area contributed by atoms with E-state index in [1.165, 1.54) is 11.3 Å². The summed E-state index contributed by atoms with van der Waals surface area (Å²) in [5.41, 5.74) is 10.2. The lowest BCUT2D eigenvalue weighted by molar-refractivity contribution is 0.1000. The number of benzene rings is 1. The van der Waals surface area contributed by atoms with Crippen LogP contribution in [-0.4, -0.2) is 47.4 Å². The Balaban J connectivity index is 1.49. The van der Waals surface area contributed by atoms with Gasteiger partial charge in [0.25, 0.3) is 0 Å². The Morgan fingerprint density at radius 3 is 3.04 bits per heavy atom. The van der Waals surface area contributed by atoms with Crippen LogP contribution < -0.4 is 5.73 Å². The lowest BCUT2D eigenvalue weighted by atomic mass is 10.1. The van der Waals surface area contributed by atoms with Crippen molar-refractivity contribution in [2.45, 2.75) is 26.4 Å². The van der Waals surface area contributed by atoms with Gasteiger partial charge in [-0.15, -0.1) is 11.3 Å². The van der Waals surface area contributed by atoms with Crippen LogP contribution in [0.5, 0.6) is 0 Å². The van der Waals surface area contributed by atoms with E-state index in [0.29, 0.717) is 11.5 Å². The Kier molecular flexibility index (Phi) is 5.83. The fraction of sp³-hybridized carbons (Fsp3) is 0.474. The highest BCUT2D eigenvalue weighted by atomic mass is 32.1. The second kappa shape index (κ2) is 8.08. The van der Waals surface area contributed by atoms with Gasteiger partial charge in [-0.3, -0.25) is 9.69 Å². The number of likely N-dealkylation sites (tertiary alicyclic amines) is 1. The number of hydrogen-bond donors (Lipinski definition) is 1. The highest BCUT2D eigenvalue weighted by molar-refractivity contribution is 7.09. The molecule has 0 radical (unpaired) electrons. The van der Waals surface area contributed by atoms with Crippen molar-refractivity contribution in [1.82, 2.24) is 14.8 Å². The second-order valence-corrected chi connectivity index (χ2v) is 7.95. The van der Waals surface area contributed by atoms with Gasteiger partial charge in [-0.25, -0.2) is 4.98 Å². The van der Waals surface area contributed by atoms with E-state index in [0.717, 1.165) is 44.0 Å². The molecule has 1 atom stereocenters. The molecule has 1 amide bonds. The van der Waals surface area contributed by atoms with E-state index in [-0.39, 0.29) is 5.91 Å². The number of nitrogens with two attached hydrogens (primary N) is 1. The van der Waals surface area contributed by atoms with Crippen molar-refractivity contribution in [3.63, 3.8) is 0 Å². The molecule has 25 heavy (non-hydrogen) atoms. The molecule has 1 aliphatic rings. The molecule has 1 aromatic carbocycles. The Labute approximate surface area is 153 Å². The SMILES string of the molecule is Cc1ncsc1CN(C)CC1CCN(Cc2cccc(C(N)=O)c2)C1. The largest absolute Gasteiger partial charge is 0.366 e. The van der Waals surface area contributed by atoms with Crippen LogP contribution in [0.2, 0.25) is 0 Å². The first-order valence-corrected chi connectivity index (χ1v) is 9.58. The zero-order chi connectivity index (χ0) is 17.8. The molecule has 0 spiro atoms. The summed E-state index contributed by atoms with van der Waals surface area (Å²) in [7, 11) is 2.19. The molecule has 6 heteroatoms. The lowest BCUT2D eigenvalue weighted by Crippen LogP contribution is -2.28. The molecule has 1 unspecified atom stereocenters. The number of nitrogens with zero attached hydrogens (tertiary/aromatic N) is 3. The van der Waals surface area contributed by atoms with Gasteiger partial charge in [-0.05, 0) is 50.6 Å². The van der Waals surface area contributed by atoms with Gasteiger partial charge in [0.15, 0.2) is 0 Å². The fourth-order valence-electron chi connectivity index (χ4n) is 3.52. The quantitative estimate of drug-likeness (QED) is 0.826. The number of carbonyl (C=O) groups is 1. The molecular formula is C19H26N4OS. The maximum absolute atomic E-state index is 11.3. The zero-order valence-corrected chi connectivity index (χ0v) is 15.8. The maximum Gasteiger partial charge on any atom is 0.248 e. The van der Waals surface area contributed by atoms with Crippen molar-refractivity contribution in [3.8, 4) is 0 Å². The summed E-state index contributed by atoms with van der Waals surface area (Å²) in [6, 6.07) is 7.66. The van der Waals surface area contributed by atoms with Crippen LogP contribution >= 0.6 is 11.3 Å². The van der Waals surface area contributed by atoms with E-state index in [4.69, 9.17) is 5.73 Å². The molecule has 1 aliphatic heterocycles. The minimum absolute atomic E-state index is 0.360. The Morgan fingerprint density at radius 2 is 2.32 bits per heavy atom. The van der Waals surface area contributed by atoms with Crippen molar-refractivity contribution in [3.05, 3.63) is 51.5 Å². The molecule has 0 aliphatic carbocycles. The second-order valence-electron chi connectivity index (χ2n) is 7.01. The number of hydrogen-bond acceptors (Lipinski definition) is 5. The number of aryl methyl sites for hydroxylation is 1. The number of carbonyl (C=O) groups excluding carboxylic acids is 1. The van der Waals surface area contributed by atoms with Gasteiger partial charge in [0, 0.05) is 36.6 Å². The van der Waals surface area contributed by atoms with Gasteiger partial charge in [-0.2, -0.15) is 0 Å². The van der Waals surface area contributed by atoms with Crippen LogP contribution in [-0.2, 0) is 13.1 Å². The van der Waals surface area contributed by atoms with E-state index >= 15 is 0 Å². The summed E-state index contributed by atoms with van der Waals surface area (Å²) in [6.07, 6.45) is 1.22. The Morgan fingerprint density at radius 1 is 1.48 bits per heavy atom. The average molecular weight is 359 g/mol. The Bertz CT molecular complexity index is 730. The number of primary amides is 1. The molecule has 2 heterocycles. The van der Waals surface area contributed by atoms with E-state index in [2.05, 4.69) is 34.8 Å². The number of rotatable bonds is 7. The monoisotopic (exact) mass is 358 g/mol. The summed E-state index contributed by atoms with van der Waals surface area (Å²) >= 11 is 1.74. The van der Waals surface area contributed by atoms with Gasteiger partial charge in [0.1, 0.15) is 0 Å². The van der Waals surface area contributed by atoms with Gasteiger partial charge in [-0.1, -0.05) is 12.1 Å². The molecule has 1 fully saturated rings. The molecule has 5 nitrogen and oxygen atoms in total. The minimum atomic E-state index is -0.360. The van der Waals surface area contributed by atoms with Crippen LogP contribution in [0.1, 0.15) is 32.9 Å². The smallest absolute Gasteiger partial charge is 0.248 e. The minimum Gasteiger partial charge on any atom is -0.366 e. The summed E-state index contributed by atoms with van der Waals surface area (Å²) in [4.78, 5) is 21.9. The van der Waals surface area contributed by atoms with Crippen molar-refractivity contribution < 1.29 is 4.79 Å². The first-order valence-electron chi connectivity index (χ1n) is 8.70. The third kappa shape index (κ3) is 4.87. The highest BCUT2D eigenvalue weighted by Crippen LogP contribution is 2.21. The predicted octanol–water partition coefficient (Wildman–Crippen LogP) is 2.50. The number of amides is 1. The summed E-state index contributed by atoms with van der Waals surface area (Å²) in [5.74, 6) is 0.332. The van der Waals surface area contributed by atoms with Gasteiger partial charge < -0.3 is 10.6 Å². The van der Waals surface area contributed by atoms with Crippen LogP contribution in [0, 0.1) is 12.8 Å². The van der Waals surface area contributed by atoms with E-state index in [1.807, 2.05) is 17.6 Å². The van der Waals surface area contributed by atoms with Crippen LogP contribution in [0.4, 0.5) is 0 Å². The normalized spacial score (nSPS) is 18.1. The Hall–Kier alpha value is -1.76. The van der Waals surface area contributed by atoms with Crippen LogP contribution in [0.15, 0.2) is 29.8 Å². The molecule has 2 aromatic rings. The fourth-order valence-corrected chi connectivity index (χ4v) is 4.37. The van der Waals surface area contributed by atoms with Gasteiger partial charge in [0.2, 0.25) is 5.91 Å². The van der Waals surface area contributed by atoms with Crippen LogP contribution in [0.25, 0.3) is 0 Å². The number of thiazole rings is 1. The molecular weight excluding hydrogens is 332 g/mol. The third-order valence-corrected chi connectivity index (χ3v) is 5.74. The molecule has 0 bridgehead atoms. The molecule has 2 N–H and O–H groups in total. The summed E-state index contributed by atoms with van der Waals surface area (Å²) in [5, 5.41) is 0. The maximum atomic E-state index is 11.3. The van der Waals surface area contributed by atoms with Crippen molar-refractivity contribution in [2.75, 3.05) is 26.7 Å². The van der Waals surface area contributed by atoms with Crippen molar-refractivity contribution in [2.24, 2.45) is 11.7 Å². The molecule has 134 valence electrons. The molecule has 3 rings (SSSR count). The molecule has 0 saturated carbocycles. The summed E-state index contributed by atoms with van der Waals surface area (Å²) in [6.45, 7) is 7.26. The zero-order valence-electron chi connectivity index (χ0n) is 14.9. The van der Waals surface area contributed by atoms with Crippen LogP contribution in [0.3, 0.4) is 0 Å². The van der Waals surface area contributed by atoms with Gasteiger partial charge in [0.05, 0.1) is 11.2 Å². The van der Waals surface area contributed by atoms with E-state index in [9.17, 15) is 4.79 Å². The summed E-state index contributed by atoms with van der Waals surface area (Å²) < 4.78 is 0. The highest BCUT2D eigenvalue weighted by Gasteiger charge is 2.24. The van der Waals surface area contributed by atoms with Crippen molar-refractivity contribution in [1.29, 1.82) is 0 Å². The number of aromatic nitrogens is 1. The first-order chi connectivity index (χ1) is 12.0. The topological polar surface area (TPSA) is 62.5 Å².